The van der Waals surface area contributed by atoms with Crippen molar-refractivity contribution in [2.24, 2.45) is 0 Å². The first-order valence-electron chi connectivity index (χ1n) is 11.4. The van der Waals surface area contributed by atoms with Crippen molar-refractivity contribution in [2.75, 3.05) is 0 Å². The third kappa shape index (κ3) is 3.98. The van der Waals surface area contributed by atoms with Crippen molar-refractivity contribution in [3.63, 3.8) is 0 Å². The van der Waals surface area contributed by atoms with Crippen LogP contribution in [0.15, 0.2) is 85.2 Å². The molecular formula is C29H29N3O. The highest BCUT2D eigenvalue weighted by Gasteiger charge is 2.23. The molecule has 2 heterocycles. The average Bonchev–Trinajstić information content (AvgIpc) is 3.35. The molecule has 1 atom stereocenters. The minimum absolute atomic E-state index is 0.495. The van der Waals surface area contributed by atoms with E-state index in [0.717, 1.165) is 17.1 Å². The largest absolute Gasteiger partial charge is 0.389 e. The molecular weight excluding hydrogens is 406 g/mol. The molecule has 1 N–H and O–H groups in total. The minimum Gasteiger partial charge on any atom is -0.389 e. The lowest BCUT2D eigenvalue weighted by Gasteiger charge is -2.18. The molecule has 0 aliphatic rings. The number of aryl methyl sites for hydroxylation is 3. The fraction of sp³-hybridized carbons (Fsp3) is 0.207. The number of rotatable bonds is 6. The van der Waals surface area contributed by atoms with Gasteiger partial charge in [0.1, 0.15) is 5.82 Å². The van der Waals surface area contributed by atoms with Gasteiger partial charge in [-0.25, -0.2) is 4.98 Å². The molecule has 0 saturated heterocycles. The van der Waals surface area contributed by atoms with Gasteiger partial charge in [-0.2, -0.15) is 0 Å². The van der Waals surface area contributed by atoms with Gasteiger partial charge in [-0.05, 0) is 43.5 Å². The van der Waals surface area contributed by atoms with Gasteiger partial charge >= 0.3 is 0 Å². The second kappa shape index (κ2) is 8.72. The Balaban J connectivity index is 1.76. The van der Waals surface area contributed by atoms with Crippen molar-refractivity contribution in [3.05, 3.63) is 102 Å². The fourth-order valence-corrected chi connectivity index (χ4v) is 4.95. The van der Waals surface area contributed by atoms with Crippen molar-refractivity contribution in [1.29, 1.82) is 0 Å². The van der Waals surface area contributed by atoms with Crippen molar-refractivity contribution in [1.82, 2.24) is 14.1 Å². The molecule has 0 aliphatic heterocycles. The van der Waals surface area contributed by atoms with Gasteiger partial charge in [-0.15, -0.1) is 0 Å². The van der Waals surface area contributed by atoms with Crippen molar-refractivity contribution in [3.8, 4) is 22.4 Å². The summed E-state index contributed by atoms with van der Waals surface area (Å²) in [5, 5.41) is 12.4. The molecule has 0 aliphatic carbocycles. The number of aliphatic hydroxyl groups is 1. The normalized spacial score (nSPS) is 12.4. The summed E-state index contributed by atoms with van der Waals surface area (Å²) in [7, 11) is 0. The second-order valence-corrected chi connectivity index (χ2v) is 8.82. The van der Waals surface area contributed by atoms with Crippen LogP contribution in [0.2, 0.25) is 0 Å². The Morgan fingerprint density at radius 3 is 2.15 bits per heavy atom. The van der Waals surface area contributed by atoms with Crippen LogP contribution in [0.25, 0.3) is 33.3 Å². The average molecular weight is 436 g/mol. The maximum atomic E-state index is 11.2. The van der Waals surface area contributed by atoms with Crippen molar-refractivity contribution < 1.29 is 5.11 Å². The quantitative estimate of drug-likeness (QED) is 0.347. The highest BCUT2D eigenvalue weighted by Crippen LogP contribution is 2.42. The van der Waals surface area contributed by atoms with Gasteiger partial charge in [-0.3, -0.25) is 0 Å². The zero-order valence-electron chi connectivity index (χ0n) is 19.4. The molecule has 0 bridgehead atoms. The van der Waals surface area contributed by atoms with Crippen LogP contribution in [0.1, 0.15) is 17.0 Å². The van der Waals surface area contributed by atoms with E-state index >= 15 is 0 Å². The van der Waals surface area contributed by atoms with Crippen LogP contribution in [-0.2, 0) is 13.1 Å². The van der Waals surface area contributed by atoms with E-state index in [1.807, 2.05) is 23.8 Å². The fourth-order valence-electron chi connectivity index (χ4n) is 4.95. The Hall–Kier alpha value is -3.63. The molecule has 2 aromatic heterocycles. The van der Waals surface area contributed by atoms with Gasteiger partial charge in [0.15, 0.2) is 0 Å². The van der Waals surface area contributed by atoms with E-state index < -0.39 is 6.10 Å². The van der Waals surface area contributed by atoms with Gasteiger partial charge in [0.05, 0.1) is 30.4 Å². The maximum Gasteiger partial charge on any atom is 0.105 e. The molecule has 4 nitrogen and oxygen atoms in total. The molecule has 0 spiro atoms. The summed E-state index contributed by atoms with van der Waals surface area (Å²) < 4.78 is 4.33. The number of imidazole rings is 1. The van der Waals surface area contributed by atoms with Crippen LogP contribution in [0.4, 0.5) is 0 Å². The van der Waals surface area contributed by atoms with E-state index in [2.05, 4.69) is 90.1 Å². The molecule has 33 heavy (non-hydrogen) atoms. The van der Waals surface area contributed by atoms with Crippen LogP contribution in [0.5, 0.6) is 0 Å². The Morgan fingerprint density at radius 1 is 0.848 bits per heavy atom. The first kappa shape index (κ1) is 21.2. The Kier molecular flexibility index (Phi) is 5.61. The van der Waals surface area contributed by atoms with E-state index in [1.165, 1.54) is 33.2 Å². The first-order chi connectivity index (χ1) is 16.0. The van der Waals surface area contributed by atoms with Crippen LogP contribution in [-0.4, -0.2) is 25.3 Å². The lowest BCUT2D eigenvalue weighted by atomic mass is 9.97. The lowest BCUT2D eigenvalue weighted by Crippen LogP contribution is -2.23. The van der Waals surface area contributed by atoms with Crippen LogP contribution in [0.3, 0.4) is 0 Å². The Bertz CT molecular complexity index is 1400. The molecule has 3 aromatic carbocycles. The van der Waals surface area contributed by atoms with E-state index in [1.54, 1.807) is 6.20 Å². The summed E-state index contributed by atoms with van der Waals surface area (Å²) in [6, 6.07) is 25.6. The molecule has 5 aromatic rings. The standard InChI is InChI=1S/C29H29N3O/c1-20-16-21(2)28-26(17-20)27(23-10-6-4-7-11-23)29(24-12-8-5-9-13-24)32(28)19-25(33)18-31-15-14-30-22(31)3/h4-17,25,33H,18-19H2,1-3H3/t25-/m1/s1. The molecule has 166 valence electrons. The van der Waals surface area contributed by atoms with Crippen LogP contribution >= 0.6 is 0 Å². The number of hydrogen-bond acceptors (Lipinski definition) is 2. The van der Waals surface area contributed by atoms with Gasteiger partial charge in [0, 0.05) is 23.3 Å². The number of aromatic nitrogens is 3. The molecule has 4 heteroatoms. The van der Waals surface area contributed by atoms with Gasteiger partial charge < -0.3 is 14.2 Å². The number of aliphatic hydroxyl groups excluding tert-OH is 1. The summed E-state index contributed by atoms with van der Waals surface area (Å²) in [6.07, 6.45) is 3.15. The summed E-state index contributed by atoms with van der Waals surface area (Å²) in [4.78, 5) is 4.30. The van der Waals surface area contributed by atoms with Crippen molar-refractivity contribution >= 4 is 10.9 Å². The van der Waals surface area contributed by atoms with Gasteiger partial charge in [0.25, 0.3) is 0 Å². The molecule has 0 fully saturated rings. The van der Waals surface area contributed by atoms with Crippen LogP contribution in [0, 0.1) is 20.8 Å². The molecule has 5 rings (SSSR count). The maximum absolute atomic E-state index is 11.2. The zero-order valence-corrected chi connectivity index (χ0v) is 19.4. The highest BCUT2D eigenvalue weighted by atomic mass is 16.3. The number of benzene rings is 3. The Labute approximate surface area is 194 Å². The summed E-state index contributed by atoms with van der Waals surface area (Å²) in [5.41, 5.74) is 8.33. The molecule has 0 radical (unpaired) electrons. The Morgan fingerprint density at radius 2 is 1.52 bits per heavy atom. The van der Waals surface area contributed by atoms with E-state index in [9.17, 15) is 5.11 Å². The third-order valence-electron chi connectivity index (χ3n) is 6.32. The smallest absolute Gasteiger partial charge is 0.105 e. The monoisotopic (exact) mass is 435 g/mol. The zero-order chi connectivity index (χ0) is 22.9. The SMILES string of the molecule is Cc1cc(C)c2c(c1)c(-c1ccccc1)c(-c1ccccc1)n2C[C@H](O)Cn1ccnc1C. The third-order valence-corrected chi connectivity index (χ3v) is 6.32. The molecule has 0 amide bonds. The predicted octanol–water partition coefficient (Wildman–Crippen LogP) is 6.16. The lowest BCUT2D eigenvalue weighted by molar-refractivity contribution is 0.135. The van der Waals surface area contributed by atoms with Gasteiger partial charge in [-0.1, -0.05) is 72.3 Å². The highest BCUT2D eigenvalue weighted by molar-refractivity contribution is 6.06. The first-order valence-corrected chi connectivity index (χ1v) is 11.4. The van der Waals surface area contributed by atoms with Crippen molar-refractivity contribution in [2.45, 2.75) is 40.0 Å². The molecule has 0 unspecified atom stereocenters. The summed E-state index contributed by atoms with van der Waals surface area (Å²) in [5.74, 6) is 0.909. The van der Waals surface area contributed by atoms with E-state index in [0.29, 0.717) is 13.1 Å². The van der Waals surface area contributed by atoms with E-state index in [-0.39, 0.29) is 0 Å². The number of nitrogens with zero attached hydrogens (tertiary/aromatic N) is 3. The topological polar surface area (TPSA) is 43.0 Å². The molecule has 0 saturated carbocycles. The summed E-state index contributed by atoms with van der Waals surface area (Å²) in [6.45, 7) is 7.28. The van der Waals surface area contributed by atoms with E-state index in [4.69, 9.17) is 0 Å². The summed E-state index contributed by atoms with van der Waals surface area (Å²) >= 11 is 0. The second-order valence-electron chi connectivity index (χ2n) is 8.82. The minimum atomic E-state index is -0.555. The number of fused-ring (bicyclic) bond motifs is 1. The number of hydrogen-bond donors (Lipinski definition) is 1. The van der Waals surface area contributed by atoms with Gasteiger partial charge in [0.2, 0.25) is 0 Å². The predicted molar refractivity (Wildman–Crippen MR) is 135 cm³/mol. The van der Waals surface area contributed by atoms with Crippen LogP contribution < -0.4 is 0 Å².